The van der Waals surface area contributed by atoms with Gasteiger partial charge in [0.1, 0.15) is 0 Å². The van der Waals surface area contributed by atoms with E-state index in [1.807, 2.05) is 29.9 Å². The molecule has 2 aromatic rings. The maximum absolute atomic E-state index is 11.2. The van der Waals surface area contributed by atoms with Crippen molar-refractivity contribution >= 4 is 12.2 Å². The van der Waals surface area contributed by atoms with Crippen molar-refractivity contribution in [3.8, 4) is 0 Å². The molecule has 2 heterocycles. The Labute approximate surface area is 98.0 Å². The lowest BCUT2D eigenvalue weighted by Crippen LogP contribution is -2.10. The van der Waals surface area contributed by atoms with E-state index in [-0.39, 0.29) is 5.56 Å². The summed E-state index contributed by atoms with van der Waals surface area (Å²) in [6.45, 7) is 1.75. The molecule has 0 aliphatic carbocycles. The quantitative estimate of drug-likeness (QED) is 0.607. The lowest BCUT2D eigenvalue weighted by atomic mass is 10.4. The molecule has 2 rings (SSSR count). The Morgan fingerprint density at radius 1 is 1.59 bits per heavy atom. The third-order valence-corrected chi connectivity index (χ3v) is 2.22. The van der Waals surface area contributed by atoms with Crippen molar-refractivity contribution in [2.75, 3.05) is 5.43 Å². The maximum atomic E-state index is 11.2. The number of rotatable bonds is 3. The van der Waals surface area contributed by atoms with E-state index in [1.165, 1.54) is 6.07 Å². The van der Waals surface area contributed by atoms with Crippen LogP contribution in [0.15, 0.2) is 34.3 Å². The van der Waals surface area contributed by atoms with E-state index in [2.05, 4.69) is 20.5 Å². The molecule has 17 heavy (non-hydrogen) atoms. The Kier molecular flexibility index (Phi) is 3.04. The molecule has 0 bridgehead atoms. The van der Waals surface area contributed by atoms with E-state index in [0.717, 1.165) is 5.69 Å². The Bertz CT molecular complexity index is 596. The molecule has 0 unspecified atom stereocenters. The molecule has 0 aliphatic rings. The predicted octanol–water partition coefficient (Wildman–Crippen LogP) is 0.863. The maximum Gasteiger partial charge on any atom is 0.252 e. The zero-order chi connectivity index (χ0) is 12.3. The third kappa shape index (κ3) is 2.81. The summed E-state index contributed by atoms with van der Waals surface area (Å²) >= 11 is 0. The van der Waals surface area contributed by atoms with Crippen LogP contribution in [-0.2, 0) is 7.05 Å². The molecule has 88 valence electrons. The van der Waals surface area contributed by atoms with E-state index < -0.39 is 0 Å². The number of hydrazone groups is 1. The van der Waals surface area contributed by atoms with Crippen molar-refractivity contribution in [3.05, 3.63) is 46.1 Å². The standard InChI is InChI=1S/C11H13N5O/c1-8-6-10(17)14-11(13-8)15-12-7-9-4-3-5-16(9)2/h3-7H,1-2H3,(H2,13,14,15,17)/b12-7+. The second-order valence-electron chi connectivity index (χ2n) is 3.65. The van der Waals surface area contributed by atoms with Crippen molar-refractivity contribution in [3.63, 3.8) is 0 Å². The van der Waals surface area contributed by atoms with Crippen LogP contribution >= 0.6 is 0 Å². The van der Waals surface area contributed by atoms with Crippen molar-refractivity contribution in [1.29, 1.82) is 0 Å². The normalized spacial score (nSPS) is 10.9. The molecule has 6 heteroatoms. The Morgan fingerprint density at radius 3 is 3.06 bits per heavy atom. The highest BCUT2D eigenvalue weighted by Crippen LogP contribution is 1.97. The van der Waals surface area contributed by atoms with Crippen LogP contribution in [0.25, 0.3) is 0 Å². The number of aromatic nitrogens is 3. The summed E-state index contributed by atoms with van der Waals surface area (Å²) in [4.78, 5) is 17.8. The topological polar surface area (TPSA) is 75.1 Å². The number of aryl methyl sites for hydroxylation is 2. The minimum absolute atomic E-state index is 0.200. The zero-order valence-electron chi connectivity index (χ0n) is 9.64. The molecule has 0 amide bonds. The number of hydrogen-bond acceptors (Lipinski definition) is 4. The van der Waals surface area contributed by atoms with Gasteiger partial charge in [-0.25, -0.2) is 10.4 Å². The number of nitrogens with one attached hydrogen (secondary N) is 2. The molecular formula is C11H13N5O. The highest BCUT2D eigenvalue weighted by atomic mass is 16.1. The Balaban J connectivity index is 2.10. The van der Waals surface area contributed by atoms with Gasteiger partial charge in [-0.05, 0) is 19.1 Å². The summed E-state index contributed by atoms with van der Waals surface area (Å²) in [6, 6.07) is 5.28. The van der Waals surface area contributed by atoms with Crippen LogP contribution in [0, 0.1) is 6.92 Å². The Morgan fingerprint density at radius 2 is 2.41 bits per heavy atom. The summed E-state index contributed by atoms with van der Waals surface area (Å²) in [6.07, 6.45) is 3.58. The van der Waals surface area contributed by atoms with Crippen LogP contribution in [0.4, 0.5) is 5.95 Å². The smallest absolute Gasteiger partial charge is 0.252 e. The first-order chi connectivity index (χ1) is 8.15. The lowest BCUT2D eigenvalue weighted by Gasteiger charge is -2.00. The number of H-pyrrole nitrogens is 1. The monoisotopic (exact) mass is 231 g/mol. The summed E-state index contributed by atoms with van der Waals surface area (Å²) in [5, 5.41) is 4.00. The van der Waals surface area contributed by atoms with Gasteiger partial charge in [0, 0.05) is 25.0 Å². The summed E-state index contributed by atoms with van der Waals surface area (Å²) in [7, 11) is 1.92. The molecule has 0 radical (unpaired) electrons. The predicted molar refractivity (Wildman–Crippen MR) is 66.2 cm³/mol. The molecule has 6 nitrogen and oxygen atoms in total. The molecule has 0 aromatic carbocycles. The van der Waals surface area contributed by atoms with Crippen molar-refractivity contribution < 1.29 is 0 Å². The van der Waals surface area contributed by atoms with Gasteiger partial charge in [-0.1, -0.05) is 0 Å². The number of aromatic amines is 1. The molecule has 0 fully saturated rings. The van der Waals surface area contributed by atoms with Crippen LogP contribution in [-0.4, -0.2) is 20.7 Å². The molecule has 0 spiro atoms. The molecule has 2 aromatic heterocycles. The highest BCUT2D eigenvalue weighted by molar-refractivity contribution is 5.77. The molecule has 2 N–H and O–H groups in total. The second-order valence-corrected chi connectivity index (χ2v) is 3.65. The lowest BCUT2D eigenvalue weighted by molar-refractivity contribution is 0.917. The van der Waals surface area contributed by atoms with Gasteiger partial charge in [0.25, 0.3) is 5.56 Å². The largest absolute Gasteiger partial charge is 0.350 e. The van der Waals surface area contributed by atoms with Crippen molar-refractivity contribution in [1.82, 2.24) is 14.5 Å². The fourth-order valence-corrected chi connectivity index (χ4v) is 1.40. The van der Waals surface area contributed by atoms with Gasteiger partial charge in [-0.2, -0.15) is 5.10 Å². The van der Waals surface area contributed by atoms with E-state index in [9.17, 15) is 4.79 Å². The third-order valence-electron chi connectivity index (χ3n) is 2.22. The molecule has 0 aliphatic heterocycles. The van der Waals surface area contributed by atoms with Crippen molar-refractivity contribution in [2.45, 2.75) is 6.92 Å². The van der Waals surface area contributed by atoms with Crippen LogP contribution < -0.4 is 11.0 Å². The van der Waals surface area contributed by atoms with Gasteiger partial charge in [0.2, 0.25) is 5.95 Å². The molecule has 0 atom stereocenters. The summed E-state index contributed by atoms with van der Waals surface area (Å²) in [5.74, 6) is 0.334. The number of nitrogens with zero attached hydrogens (tertiary/aromatic N) is 3. The van der Waals surface area contributed by atoms with Crippen LogP contribution in [0.5, 0.6) is 0 Å². The summed E-state index contributed by atoms with van der Waals surface area (Å²) < 4.78 is 1.93. The molecule has 0 saturated heterocycles. The average molecular weight is 231 g/mol. The Hall–Kier alpha value is -2.37. The van der Waals surface area contributed by atoms with Gasteiger partial charge in [-0.15, -0.1) is 0 Å². The van der Waals surface area contributed by atoms with Gasteiger partial charge < -0.3 is 4.57 Å². The van der Waals surface area contributed by atoms with Crippen LogP contribution in [0.1, 0.15) is 11.4 Å². The van der Waals surface area contributed by atoms with Gasteiger partial charge in [0.05, 0.1) is 11.9 Å². The van der Waals surface area contributed by atoms with E-state index in [0.29, 0.717) is 11.6 Å². The fourth-order valence-electron chi connectivity index (χ4n) is 1.40. The zero-order valence-corrected chi connectivity index (χ0v) is 9.64. The minimum Gasteiger partial charge on any atom is -0.350 e. The molecular weight excluding hydrogens is 218 g/mol. The van der Waals surface area contributed by atoms with Gasteiger partial charge >= 0.3 is 0 Å². The number of anilines is 1. The van der Waals surface area contributed by atoms with Gasteiger partial charge in [0.15, 0.2) is 0 Å². The second kappa shape index (κ2) is 4.65. The van der Waals surface area contributed by atoms with Gasteiger partial charge in [-0.3, -0.25) is 9.78 Å². The highest BCUT2D eigenvalue weighted by Gasteiger charge is 1.95. The van der Waals surface area contributed by atoms with E-state index in [4.69, 9.17) is 0 Å². The fraction of sp³-hybridized carbons (Fsp3) is 0.182. The van der Waals surface area contributed by atoms with Crippen LogP contribution in [0.3, 0.4) is 0 Å². The molecule has 0 saturated carbocycles. The van der Waals surface area contributed by atoms with Crippen LogP contribution in [0.2, 0.25) is 0 Å². The van der Waals surface area contributed by atoms with Crippen molar-refractivity contribution in [2.24, 2.45) is 12.1 Å². The minimum atomic E-state index is -0.200. The van der Waals surface area contributed by atoms with E-state index in [1.54, 1.807) is 13.1 Å². The number of hydrogen-bond donors (Lipinski definition) is 2. The average Bonchev–Trinajstić information content (AvgIpc) is 2.63. The summed E-state index contributed by atoms with van der Waals surface area (Å²) in [5.41, 5.74) is 4.08. The first kappa shape index (κ1) is 11.1. The first-order valence-electron chi connectivity index (χ1n) is 5.13. The SMILES string of the molecule is Cc1cc(=O)[nH]c(N/N=C/c2cccn2C)n1. The van der Waals surface area contributed by atoms with E-state index >= 15 is 0 Å². The first-order valence-corrected chi connectivity index (χ1v) is 5.13.